The Bertz CT molecular complexity index is 585. The van der Waals surface area contributed by atoms with Crippen LogP contribution in [0.25, 0.3) is 0 Å². The van der Waals surface area contributed by atoms with Gasteiger partial charge in [-0.25, -0.2) is 0 Å². The topological polar surface area (TPSA) is 49.6 Å². The Kier molecular flexibility index (Phi) is 8.35. The molecule has 1 saturated heterocycles. The number of carbonyl (C=O) groups is 1. The molecule has 0 radical (unpaired) electrons. The molecule has 1 amide bonds. The number of rotatable bonds is 9. The molecule has 1 aliphatic heterocycles. The molecule has 3 rings (SSSR count). The first-order chi connectivity index (χ1) is 13.7. The van der Waals surface area contributed by atoms with Gasteiger partial charge in [-0.3, -0.25) is 4.79 Å². The van der Waals surface area contributed by atoms with Gasteiger partial charge in [0.15, 0.2) is 0 Å². The maximum atomic E-state index is 12.8. The maximum absolute atomic E-state index is 12.8. The zero-order valence-corrected chi connectivity index (χ0v) is 17.7. The van der Waals surface area contributed by atoms with Gasteiger partial charge in [0.2, 0.25) is 5.91 Å². The summed E-state index contributed by atoms with van der Waals surface area (Å²) in [6.45, 7) is 7.40. The number of benzene rings is 1. The number of hydrogen-bond acceptors (Lipinski definition) is 3. The largest absolute Gasteiger partial charge is 0.341 e. The van der Waals surface area contributed by atoms with Crippen molar-refractivity contribution in [3.8, 4) is 0 Å². The number of hydrogen-bond donors (Lipinski definition) is 1. The smallest absolute Gasteiger partial charge is 0.239 e. The van der Waals surface area contributed by atoms with Crippen LogP contribution in [0.15, 0.2) is 30.3 Å². The maximum Gasteiger partial charge on any atom is 0.239 e. The van der Waals surface area contributed by atoms with Gasteiger partial charge in [0.05, 0.1) is 6.04 Å². The van der Waals surface area contributed by atoms with Crippen LogP contribution in [0.3, 0.4) is 0 Å². The quantitative estimate of drug-likeness (QED) is 0.705. The Labute approximate surface area is 171 Å². The summed E-state index contributed by atoms with van der Waals surface area (Å²) in [7, 11) is 0. The van der Waals surface area contributed by atoms with Crippen molar-refractivity contribution in [2.24, 2.45) is 17.6 Å². The summed E-state index contributed by atoms with van der Waals surface area (Å²) in [6.07, 6.45) is 9.49. The van der Waals surface area contributed by atoms with E-state index in [1.807, 2.05) is 0 Å². The average molecular weight is 386 g/mol. The number of nitrogens with two attached hydrogens (primary N) is 1. The molecule has 1 aromatic rings. The summed E-state index contributed by atoms with van der Waals surface area (Å²) in [5.74, 6) is 1.26. The van der Waals surface area contributed by atoms with Gasteiger partial charge in [0.1, 0.15) is 0 Å². The molecule has 2 atom stereocenters. The van der Waals surface area contributed by atoms with Crippen molar-refractivity contribution in [1.29, 1.82) is 0 Å². The van der Waals surface area contributed by atoms with Gasteiger partial charge in [-0.2, -0.15) is 0 Å². The van der Waals surface area contributed by atoms with Crippen LogP contribution in [0.5, 0.6) is 0 Å². The molecule has 1 saturated carbocycles. The summed E-state index contributed by atoms with van der Waals surface area (Å²) in [5, 5.41) is 0. The standard InChI is InChI=1S/C24H39N3O/c1-2-26(16-13-20-9-5-3-6-10-20)17-14-21-15-18-27(19-21)24(28)23(25)22-11-7-4-8-12-22/h3,5-6,9-10,21-23H,2,4,7-8,11-19,25H2,1H3/t21-,23+/m1/s1. The molecule has 4 nitrogen and oxygen atoms in total. The van der Waals surface area contributed by atoms with E-state index in [-0.39, 0.29) is 11.9 Å². The minimum Gasteiger partial charge on any atom is -0.341 e. The Morgan fingerprint density at radius 2 is 1.89 bits per heavy atom. The lowest BCUT2D eigenvalue weighted by Crippen LogP contribution is -2.47. The molecule has 1 heterocycles. The molecule has 0 unspecified atom stereocenters. The van der Waals surface area contributed by atoms with Gasteiger partial charge in [0, 0.05) is 19.6 Å². The molecule has 28 heavy (non-hydrogen) atoms. The molecule has 1 aliphatic carbocycles. The number of nitrogens with zero attached hydrogens (tertiary/aromatic N) is 2. The van der Waals surface area contributed by atoms with Crippen LogP contribution in [0.1, 0.15) is 57.4 Å². The highest BCUT2D eigenvalue weighted by atomic mass is 16.2. The predicted molar refractivity (Wildman–Crippen MR) is 116 cm³/mol. The molecule has 0 aromatic heterocycles. The van der Waals surface area contributed by atoms with Crippen LogP contribution in [0, 0.1) is 11.8 Å². The third-order valence-electron chi connectivity index (χ3n) is 6.90. The van der Waals surface area contributed by atoms with E-state index in [0.29, 0.717) is 11.8 Å². The second-order valence-electron chi connectivity index (χ2n) is 8.82. The number of carbonyl (C=O) groups excluding carboxylic acids is 1. The first-order valence-electron chi connectivity index (χ1n) is 11.5. The summed E-state index contributed by atoms with van der Waals surface area (Å²) in [6, 6.07) is 10.5. The van der Waals surface area contributed by atoms with E-state index in [2.05, 4.69) is 47.1 Å². The molecular weight excluding hydrogens is 346 g/mol. The molecule has 2 N–H and O–H groups in total. The van der Waals surface area contributed by atoms with Crippen molar-refractivity contribution in [2.75, 3.05) is 32.7 Å². The van der Waals surface area contributed by atoms with Crippen LogP contribution in [-0.2, 0) is 11.2 Å². The first-order valence-corrected chi connectivity index (χ1v) is 11.5. The summed E-state index contributed by atoms with van der Waals surface area (Å²) < 4.78 is 0. The van der Waals surface area contributed by atoms with Gasteiger partial charge in [-0.15, -0.1) is 0 Å². The lowest BCUT2D eigenvalue weighted by atomic mass is 9.84. The fourth-order valence-corrected chi connectivity index (χ4v) is 4.90. The molecule has 0 spiro atoms. The minimum atomic E-state index is -0.267. The number of likely N-dealkylation sites (tertiary alicyclic amines) is 1. The predicted octanol–water partition coefficient (Wildman–Crippen LogP) is 3.70. The van der Waals surface area contributed by atoms with E-state index < -0.39 is 0 Å². The summed E-state index contributed by atoms with van der Waals surface area (Å²) in [5.41, 5.74) is 7.77. The highest BCUT2D eigenvalue weighted by molar-refractivity contribution is 5.82. The Morgan fingerprint density at radius 3 is 2.61 bits per heavy atom. The Hall–Kier alpha value is -1.39. The fourth-order valence-electron chi connectivity index (χ4n) is 4.90. The molecular formula is C24H39N3O. The van der Waals surface area contributed by atoms with Gasteiger partial charge in [-0.05, 0) is 62.6 Å². The zero-order chi connectivity index (χ0) is 19.8. The molecule has 156 valence electrons. The van der Waals surface area contributed by atoms with E-state index >= 15 is 0 Å². The fraction of sp³-hybridized carbons (Fsp3) is 0.708. The third kappa shape index (κ3) is 6.05. The average Bonchev–Trinajstić information content (AvgIpc) is 3.23. The van der Waals surface area contributed by atoms with Crippen molar-refractivity contribution in [3.05, 3.63) is 35.9 Å². The zero-order valence-electron chi connectivity index (χ0n) is 17.7. The molecule has 4 heteroatoms. The van der Waals surface area contributed by atoms with Gasteiger partial charge in [-0.1, -0.05) is 56.5 Å². The monoisotopic (exact) mass is 385 g/mol. The van der Waals surface area contributed by atoms with E-state index in [1.165, 1.54) is 31.2 Å². The van der Waals surface area contributed by atoms with Crippen LogP contribution < -0.4 is 5.73 Å². The van der Waals surface area contributed by atoms with Crippen molar-refractivity contribution in [2.45, 2.75) is 64.3 Å². The van der Waals surface area contributed by atoms with Crippen LogP contribution >= 0.6 is 0 Å². The SMILES string of the molecule is CCN(CCc1ccccc1)CC[C@@H]1CCN(C(=O)[C@@H](N)C2CCCCC2)C1. The van der Waals surface area contributed by atoms with Crippen LogP contribution in [0.2, 0.25) is 0 Å². The lowest BCUT2D eigenvalue weighted by Gasteiger charge is -2.30. The van der Waals surface area contributed by atoms with E-state index in [1.54, 1.807) is 0 Å². The van der Waals surface area contributed by atoms with E-state index in [4.69, 9.17) is 5.73 Å². The third-order valence-corrected chi connectivity index (χ3v) is 6.90. The van der Waals surface area contributed by atoms with Gasteiger partial charge < -0.3 is 15.5 Å². The Balaban J connectivity index is 1.39. The van der Waals surface area contributed by atoms with Crippen LogP contribution in [0.4, 0.5) is 0 Å². The van der Waals surface area contributed by atoms with Crippen molar-refractivity contribution < 1.29 is 4.79 Å². The lowest BCUT2D eigenvalue weighted by molar-refractivity contribution is -0.133. The van der Waals surface area contributed by atoms with Crippen molar-refractivity contribution in [1.82, 2.24) is 9.80 Å². The molecule has 1 aromatic carbocycles. The van der Waals surface area contributed by atoms with Crippen molar-refractivity contribution >= 4 is 5.91 Å². The van der Waals surface area contributed by atoms with Gasteiger partial charge in [0.25, 0.3) is 0 Å². The van der Waals surface area contributed by atoms with E-state index in [9.17, 15) is 4.79 Å². The summed E-state index contributed by atoms with van der Waals surface area (Å²) in [4.78, 5) is 17.4. The normalized spacial score (nSPS) is 22.0. The van der Waals surface area contributed by atoms with Crippen molar-refractivity contribution in [3.63, 3.8) is 0 Å². The second-order valence-corrected chi connectivity index (χ2v) is 8.82. The highest BCUT2D eigenvalue weighted by Crippen LogP contribution is 2.28. The number of likely N-dealkylation sites (N-methyl/N-ethyl adjacent to an activating group) is 1. The molecule has 2 fully saturated rings. The first kappa shape index (κ1) is 21.3. The summed E-state index contributed by atoms with van der Waals surface area (Å²) >= 11 is 0. The molecule has 2 aliphatic rings. The number of amides is 1. The van der Waals surface area contributed by atoms with Crippen LogP contribution in [-0.4, -0.2) is 54.5 Å². The Morgan fingerprint density at radius 1 is 1.14 bits per heavy atom. The van der Waals surface area contributed by atoms with E-state index in [0.717, 1.165) is 58.4 Å². The second kappa shape index (κ2) is 11.0. The van der Waals surface area contributed by atoms with Gasteiger partial charge >= 0.3 is 0 Å². The highest BCUT2D eigenvalue weighted by Gasteiger charge is 2.33. The minimum absolute atomic E-state index is 0.214. The molecule has 0 bridgehead atoms.